The summed E-state index contributed by atoms with van der Waals surface area (Å²) in [5, 5.41) is 12.8. The van der Waals surface area contributed by atoms with Gasteiger partial charge in [-0.25, -0.2) is 4.79 Å². The minimum atomic E-state index is -0.736. The number of carbonyl (C=O) groups is 1. The summed E-state index contributed by atoms with van der Waals surface area (Å²) in [6.45, 7) is 8.09. The first-order chi connectivity index (χ1) is 7.83. The van der Waals surface area contributed by atoms with Crippen LogP contribution < -0.4 is 5.32 Å². The monoisotopic (exact) mass is 245 g/mol. The van der Waals surface area contributed by atoms with E-state index in [9.17, 15) is 9.90 Å². The van der Waals surface area contributed by atoms with E-state index in [1.807, 2.05) is 27.7 Å². The van der Waals surface area contributed by atoms with Crippen molar-refractivity contribution >= 4 is 6.09 Å². The van der Waals surface area contributed by atoms with Crippen molar-refractivity contribution in [1.29, 1.82) is 0 Å². The van der Waals surface area contributed by atoms with Crippen molar-refractivity contribution in [2.45, 2.75) is 64.4 Å². The predicted molar refractivity (Wildman–Crippen MR) is 63.8 cm³/mol. The lowest BCUT2D eigenvalue weighted by molar-refractivity contribution is -0.120. The third-order valence-electron chi connectivity index (χ3n) is 2.57. The van der Waals surface area contributed by atoms with E-state index in [1.54, 1.807) is 0 Å². The Balaban J connectivity index is 2.59. The lowest BCUT2D eigenvalue weighted by Crippen LogP contribution is -2.48. The molecule has 5 nitrogen and oxygen atoms in total. The Morgan fingerprint density at radius 1 is 1.59 bits per heavy atom. The molecule has 17 heavy (non-hydrogen) atoms. The zero-order chi connectivity index (χ0) is 13.1. The van der Waals surface area contributed by atoms with Crippen LogP contribution in [-0.4, -0.2) is 41.7 Å². The van der Waals surface area contributed by atoms with Crippen LogP contribution in [-0.2, 0) is 9.47 Å². The summed E-state index contributed by atoms with van der Waals surface area (Å²) in [7, 11) is 0. The van der Waals surface area contributed by atoms with Gasteiger partial charge in [0.2, 0.25) is 0 Å². The van der Waals surface area contributed by atoms with Crippen molar-refractivity contribution in [2.24, 2.45) is 0 Å². The van der Waals surface area contributed by atoms with Gasteiger partial charge in [0, 0.05) is 0 Å². The molecule has 0 saturated carbocycles. The molecule has 0 unspecified atom stereocenters. The maximum absolute atomic E-state index is 10.9. The van der Waals surface area contributed by atoms with Crippen molar-refractivity contribution in [3.63, 3.8) is 0 Å². The van der Waals surface area contributed by atoms with Crippen LogP contribution in [0, 0.1) is 0 Å². The number of aliphatic hydroxyl groups excluding tert-OH is 1. The number of rotatable bonds is 5. The van der Waals surface area contributed by atoms with E-state index in [0.29, 0.717) is 0 Å². The first-order valence-corrected chi connectivity index (χ1v) is 6.12. The van der Waals surface area contributed by atoms with Gasteiger partial charge in [-0.3, -0.25) is 0 Å². The molecule has 0 aromatic carbocycles. The quantitative estimate of drug-likeness (QED) is 0.769. The lowest BCUT2D eigenvalue weighted by atomic mass is 10.0. The van der Waals surface area contributed by atoms with Gasteiger partial charge in [-0.2, -0.15) is 0 Å². The number of amides is 1. The highest BCUT2D eigenvalue weighted by atomic mass is 16.6. The zero-order valence-corrected chi connectivity index (χ0v) is 11.0. The van der Waals surface area contributed by atoms with Gasteiger partial charge in [-0.05, 0) is 27.2 Å². The number of carbonyl (C=O) groups excluding carboxylic acids is 1. The molecule has 2 N–H and O–H groups in total. The van der Waals surface area contributed by atoms with E-state index in [-0.39, 0.29) is 24.4 Å². The molecule has 1 amide bonds. The van der Waals surface area contributed by atoms with Gasteiger partial charge in [0.1, 0.15) is 12.7 Å². The molecule has 100 valence electrons. The predicted octanol–water partition coefficient (Wildman–Crippen LogP) is 1.44. The van der Waals surface area contributed by atoms with Gasteiger partial charge in [0.05, 0.1) is 17.7 Å². The Morgan fingerprint density at radius 2 is 2.24 bits per heavy atom. The van der Waals surface area contributed by atoms with Crippen LogP contribution >= 0.6 is 0 Å². The van der Waals surface area contributed by atoms with Crippen molar-refractivity contribution < 1.29 is 19.4 Å². The van der Waals surface area contributed by atoms with Crippen LogP contribution in [0.25, 0.3) is 0 Å². The van der Waals surface area contributed by atoms with Gasteiger partial charge < -0.3 is 19.9 Å². The van der Waals surface area contributed by atoms with Gasteiger partial charge in [0.25, 0.3) is 0 Å². The number of ether oxygens (including phenoxy) is 2. The molecule has 0 bridgehead atoms. The summed E-state index contributed by atoms with van der Waals surface area (Å²) < 4.78 is 10.6. The smallest absolute Gasteiger partial charge is 0.407 e. The Morgan fingerprint density at radius 3 is 2.65 bits per heavy atom. The minimum absolute atomic E-state index is 0.202. The summed E-state index contributed by atoms with van der Waals surface area (Å²) in [6, 6.07) is -0.374. The van der Waals surface area contributed by atoms with Crippen LogP contribution in [0.1, 0.15) is 40.5 Å². The first kappa shape index (κ1) is 14.3. The molecular formula is C12H23NO4. The van der Waals surface area contributed by atoms with Crippen LogP contribution in [0.3, 0.4) is 0 Å². The fourth-order valence-electron chi connectivity index (χ4n) is 1.88. The third kappa shape index (κ3) is 4.52. The first-order valence-electron chi connectivity index (χ1n) is 6.12. The molecule has 1 rings (SSSR count). The second-order valence-corrected chi connectivity index (χ2v) is 5.40. The van der Waals surface area contributed by atoms with Crippen LogP contribution in [0.5, 0.6) is 0 Å². The Hall–Kier alpha value is -0.810. The Bertz CT molecular complexity index is 262. The van der Waals surface area contributed by atoms with Crippen LogP contribution in [0.15, 0.2) is 0 Å². The second-order valence-electron chi connectivity index (χ2n) is 5.40. The fourth-order valence-corrected chi connectivity index (χ4v) is 1.88. The van der Waals surface area contributed by atoms with Crippen molar-refractivity contribution in [3.05, 3.63) is 0 Å². The summed E-state index contributed by atoms with van der Waals surface area (Å²) in [4.78, 5) is 10.9. The van der Waals surface area contributed by atoms with E-state index in [4.69, 9.17) is 9.47 Å². The molecule has 1 fully saturated rings. The SMILES string of the molecule is CCC[C@@H](OC(C)(C)C)[C@@H](O)[C@@H]1COC(=O)N1. The topological polar surface area (TPSA) is 67.8 Å². The zero-order valence-electron chi connectivity index (χ0n) is 11.0. The maximum atomic E-state index is 10.9. The largest absolute Gasteiger partial charge is 0.447 e. The average molecular weight is 245 g/mol. The molecule has 0 aliphatic carbocycles. The maximum Gasteiger partial charge on any atom is 0.407 e. The molecule has 0 aromatic rings. The van der Waals surface area contributed by atoms with E-state index in [0.717, 1.165) is 12.8 Å². The van der Waals surface area contributed by atoms with Gasteiger partial charge in [-0.1, -0.05) is 13.3 Å². The number of hydrogen-bond acceptors (Lipinski definition) is 4. The molecule has 1 heterocycles. The van der Waals surface area contributed by atoms with E-state index >= 15 is 0 Å². The van der Waals surface area contributed by atoms with Gasteiger partial charge in [-0.15, -0.1) is 0 Å². The van der Waals surface area contributed by atoms with Gasteiger partial charge >= 0.3 is 6.09 Å². The number of alkyl carbamates (subject to hydrolysis) is 1. The standard InChI is InChI=1S/C12H23NO4/c1-5-6-9(17-12(2,3)4)10(14)8-7-16-11(15)13-8/h8-10,14H,5-7H2,1-4H3,(H,13,15)/t8-,9+,10-/m0/s1. The van der Waals surface area contributed by atoms with E-state index in [1.165, 1.54) is 0 Å². The molecule has 0 radical (unpaired) electrons. The molecule has 3 atom stereocenters. The van der Waals surface area contributed by atoms with Crippen LogP contribution in [0.2, 0.25) is 0 Å². The summed E-state index contributed by atoms with van der Waals surface area (Å²) in [5.41, 5.74) is -0.315. The molecular weight excluding hydrogens is 222 g/mol. The lowest BCUT2D eigenvalue weighted by Gasteiger charge is -2.32. The van der Waals surface area contributed by atoms with Gasteiger partial charge in [0.15, 0.2) is 0 Å². The number of aliphatic hydroxyl groups is 1. The highest BCUT2D eigenvalue weighted by Gasteiger charge is 2.35. The van der Waals surface area contributed by atoms with Crippen LogP contribution in [0.4, 0.5) is 4.79 Å². The highest BCUT2D eigenvalue weighted by Crippen LogP contribution is 2.20. The fraction of sp³-hybridized carbons (Fsp3) is 0.917. The number of hydrogen-bond donors (Lipinski definition) is 2. The Kier molecular flexibility index (Phi) is 4.77. The number of cyclic esters (lactones) is 1. The van der Waals surface area contributed by atoms with E-state index < -0.39 is 12.2 Å². The minimum Gasteiger partial charge on any atom is -0.447 e. The third-order valence-corrected chi connectivity index (χ3v) is 2.57. The molecule has 1 aliphatic rings. The molecule has 1 saturated heterocycles. The van der Waals surface area contributed by atoms with Crippen molar-refractivity contribution in [1.82, 2.24) is 5.32 Å². The average Bonchev–Trinajstić information content (AvgIpc) is 2.61. The second kappa shape index (κ2) is 5.69. The van der Waals surface area contributed by atoms with Crippen molar-refractivity contribution in [3.8, 4) is 0 Å². The molecule has 0 aromatic heterocycles. The molecule has 0 spiro atoms. The van der Waals surface area contributed by atoms with Crippen molar-refractivity contribution in [2.75, 3.05) is 6.61 Å². The summed E-state index contributed by atoms with van der Waals surface area (Å²) >= 11 is 0. The normalized spacial score (nSPS) is 24.1. The highest BCUT2D eigenvalue weighted by molar-refractivity contribution is 5.69. The molecule has 5 heteroatoms. The number of nitrogens with one attached hydrogen (secondary N) is 1. The molecule has 1 aliphatic heterocycles. The summed E-state index contributed by atoms with van der Waals surface area (Å²) in [5.74, 6) is 0. The Labute approximate surface area is 102 Å². The summed E-state index contributed by atoms with van der Waals surface area (Å²) in [6.07, 6.45) is 0.178. The van der Waals surface area contributed by atoms with E-state index in [2.05, 4.69) is 5.32 Å².